The molecule has 4 nitrogen and oxygen atoms in total. The van der Waals surface area contributed by atoms with Gasteiger partial charge in [0.05, 0.1) is 17.2 Å². The van der Waals surface area contributed by atoms with Gasteiger partial charge >= 0.3 is 18.4 Å². The van der Waals surface area contributed by atoms with Crippen molar-refractivity contribution in [3.05, 3.63) is 29.3 Å². The molecule has 0 aliphatic carbocycles. The summed E-state index contributed by atoms with van der Waals surface area (Å²) in [7, 11) is 0. The number of nitrogens with one attached hydrogen (secondary N) is 1. The van der Waals surface area contributed by atoms with Gasteiger partial charge < -0.3 is 5.32 Å². The summed E-state index contributed by atoms with van der Waals surface area (Å²) >= 11 is 0. The number of alkyl halides is 6. The smallest absolute Gasteiger partial charge is 0.306 e. The number of carbonyl (C=O) groups is 1. The van der Waals surface area contributed by atoms with Crippen molar-refractivity contribution in [2.75, 3.05) is 5.32 Å². The van der Waals surface area contributed by atoms with Crippen molar-refractivity contribution < 1.29 is 36.3 Å². The number of hydroxylamine groups is 2. The number of hydrogen-bond acceptors (Lipinski definition) is 2. The van der Waals surface area contributed by atoms with E-state index in [1.54, 1.807) is 13.8 Å². The van der Waals surface area contributed by atoms with Gasteiger partial charge in [-0.25, -0.2) is 9.86 Å². The number of rotatable bonds is 4. The second-order valence-corrected chi connectivity index (χ2v) is 5.04. The van der Waals surface area contributed by atoms with E-state index in [0.717, 1.165) is 0 Å². The van der Waals surface area contributed by atoms with Crippen LogP contribution in [0.25, 0.3) is 0 Å². The molecule has 0 unspecified atom stereocenters. The minimum atomic E-state index is -5.02. The summed E-state index contributed by atoms with van der Waals surface area (Å²) in [5, 5.41) is 11.8. The van der Waals surface area contributed by atoms with Crippen molar-refractivity contribution in [2.24, 2.45) is 0 Å². The summed E-state index contributed by atoms with van der Waals surface area (Å²) in [6.45, 7) is 3.33. The Hall–Kier alpha value is -1.97. The molecule has 0 saturated heterocycles. The molecule has 0 spiro atoms. The van der Waals surface area contributed by atoms with Crippen molar-refractivity contribution in [3.8, 4) is 0 Å². The minimum absolute atomic E-state index is 0.0484. The van der Waals surface area contributed by atoms with E-state index in [-0.39, 0.29) is 11.1 Å². The number of anilines is 1. The number of urea groups is 1. The molecule has 0 atom stereocenters. The maximum Gasteiger partial charge on any atom is 0.416 e. The topological polar surface area (TPSA) is 52.6 Å². The fraction of sp³-hybridized carbons (Fsp3) is 0.500. The Balaban J connectivity index is 3.17. The van der Waals surface area contributed by atoms with Crippen LogP contribution in [0.3, 0.4) is 0 Å². The van der Waals surface area contributed by atoms with Gasteiger partial charge in [0, 0.05) is 5.69 Å². The second-order valence-electron chi connectivity index (χ2n) is 5.04. The van der Waals surface area contributed by atoms with Crippen LogP contribution in [-0.4, -0.2) is 22.3 Å². The Bertz CT molecular complexity index is 549. The van der Waals surface area contributed by atoms with Crippen LogP contribution < -0.4 is 5.32 Å². The van der Waals surface area contributed by atoms with Gasteiger partial charge in [-0.1, -0.05) is 13.8 Å². The first kappa shape index (κ1) is 20.1. The molecule has 0 radical (unpaired) electrons. The molecule has 1 aromatic rings. The SMILES string of the molecule is CCC(CC)N(O)C(=O)Nc1cc(C(F)(F)F)cc(C(F)(F)F)c1. The number of carbonyl (C=O) groups excluding carboxylic acids is 1. The average molecular weight is 358 g/mol. The number of nitrogens with zero attached hydrogens (tertiary/aromatic N) is 1. The van der Waals surface area contributed by atoms with Crippen LogP contribution in [0.2, 0.25) is 0 Å². The number of benzene rings is 1. The molecule has 24 heavy (non-hydrogen) atoms. The summed E-state index contributed by atoms with van der Waals surface area (Å²) < 4.78 is 76.4. The monoisotopic (exact) mass is 358 g/mol. The van der Waals surface area contributed by atoms with Crippen molar-refractivity contribution in [1.82, 2.24) is 5.06 Å². The van der Waals surface area contributed by atoms with E-state index in [2.05, 4.69) is 0 Å². The van der Waals surface area contributed by atoms with Crippen LogP contribution in [-0.2, 0) is 12.4 Å². The Morgan fingerprint density at radius 2 is 1.46 bits per heavy atom. The molecule has 0 aliphatic rings. The Morgan fingerprint density at radius 1 is 1.04 bits per heavy atom. The van der Waals surface area contributed by atoms with Gasteiger partial charge in [0.1, 0.15) is 0 Å². The van der Waals surface area contributed by atoms with E-state index in [1.165, 1.54) is 0 Å². The molecule has 10 heteroatoms. The summed E-state index contributed by atoms with van der Waals surface area (Å²) in [5.74, 6) is 0. The van der Waals surface area contributed by atoms with Crippen LogP contribution in [0.1, 0.15) is 37.8 Å². The molecule has 2 N–H and O–H groups in total. The fourth-order valence-corrected chi connectivity index (χ4v) is 2.01. The second kappa shape index (κ2) is 7.29. The first-order valence-electron chi connectivity index (χ1n) is 6.98. The van der Waals surface area contributed by atoms with Crippen LogP contribution in [0.5, 0.6) is 0 Å². The van der Waals surface area contributed by atoms with Gasteiger partial charge in [-0.2, -0.15) is 26.3 Å². The molecule has 0 aromatic heterocycles. The Morgan fingerprint density at radius 3 is 1.79 bits per heavy atom. The van der Waals surface area contributed by atoms with Gasteiger partial charge in [-0.15, -0.1) is 0 Å². The van der Waals surface area contributed by atoms with Crippen LogP contribution in [0.4, 0.5) is 36.8 Å². The van der Waals surface area contributed by atoms with E-state index in [9.17, 15) is 36.3 Å². The maximum absolute atomic E-state index is 12.7. The summed E-state index contributed by atoms with van der Waals surface area (Å²) in [5.41, 5.74) is -3.83. The number of amides is 2. The molecular weight excluding hydrogens is 342 g/mol. The third kappa shape index (κ3) is 5.02. The number of halogens is 6. The van der Waals surface area contributed by atoms with E-state index in [4.69, 9.17) is 0 Å². The summed E-state index contributed by atoms with van der Waals surface area (Å²) in [4.78, 5) is 11.8. The first-order valence-corrected chi connectivity index (χ1v) is 6.98. The highest BCUT2D eigenvalue weighted by Crippen LogP contribution is 2.37. The van der Waals surface area contributed by atoms with Crippen LogP contribution in [0, 0.1) is 0 Å². The lowest BCUT2D eigenvalue weighted by molar-refractivity contribution is -0.143. The lowest BCUT2D eigenvalue weighted by Crippen LogP contribution is -2.39. The summed E-state index contributed by atoms with van der Waals surface area (Å²) in [6.07, 6.45) is -9.32. The van der Waals surface area contributed by atoms with Gasteiger partial charge in [0.25, 0.3) is 0 Å². The fourth-order valence-electron chi connectivity index (χ4n) is 2.01. The zero-order valence-electron chi connectivity index (χ0n) is 12.8. The normalized spacial score (nSPS) is 12.4. The van der Waals surface area contributed by atoms with E-state index in [0.29, 0.717) is 25.0 Å². The molecule has 1 aromatic carbocycles. The van der Waals surface area contributed by atoms with Crippen molar-refractivity contribution in [2.45, 2.75) is 45.1 Å². The van der Waals surface area contributed by atoms with Gasteiger partial charge in [0.15, 0.2) is 0 Å². The zero-order chi connectivity index (χ0) is 18.7. The lowest BCUT2D eigenvalue weighted by Gasteiger charge is -2.24. The number of hydrogen-bond donors (Lipinski definition) is 2. The van der Waals surface area contributed by atoms with E-state index >= 15 is 0 Å². The predicted molar refractivity (Wildman–Crippen MR) is 73.5 cm³/mol. The quantitative estimate of drug-likeness (QED) is 0.445. The predicted octanol–water partition coefficient (Wildman–Crippen LogP) is 5.14. The highest BCUT2D eigenvalue weighted by atomic mass is 19.4. The lowest BCUT2D eigenvalue weighted by atomic mass is 10.1. The molecule has 0 fully saturated rings. The molecule has 1 rings (SSSR count). The highest BCUT2D eigenvalue weighted by molar-refractivity contribution is 5.89. The maximum atomic E-state index is 12.7. The van der Waals surface area contributed by atoms with Gasteiger partial charge in [0.2, 0.25) is 0 Å². The first-order chi connectivity index (χ1) is 10.9. The molecule has 0 heterocycles. The minimum Gasteiger partial charge on any atom is -0.306 e. The third-order valence-electron chi connectivity index (χ3n) is 3.34. The standard InChI is InChI=1S/C14H16F6N2O2/c1-3-11(4-2)22(24)12(23)21-10-6-8(13(15,16)17)5-9(7-10)14(18,19)20/h5-7,11,24H,3-4H2,1-2H3,(H,21,23). The van der Waals surface area contributed by atoms with Crippen molar-refractivity contribution in [1.29, 1.82) is 0 Å². The molecule has 0 aliphatic heterocycles. The Labute approximate surface area is 134 Å². The zero-order valence-corrected chi connectivity index (χ0v) is 12.8. The largest absolute Gasteiger partial charge is 0.416 e. The molecule has 0 saturated carbocycles. The molecule has 2 amide bonds. The van der Waals surface area contributed by atoms with Crippen LogP contribution in [0.15, 0.2) is 18.2 Å². The molecule has 136 valence electrons. The third-order valence-corrected chi connectivity index (χ3v) is 3.34. The van der Waals surface area contributed by atoms with Crippen LogP contribution >= 0.6 is 0 Å². The van der Waals surface area contributed by atoms with Crippen molar-refractivity contribution in [3.63, 3.8) is 0 Å². The van der Waals surface area contributed by atoms with Crippen molar-refractivity contribution >= 4 is 11.7 Å². The summed E-state index contributed by atoms with van der Waals surface area (Å²) in [6, 6.07) is -1.14. The van der Waals surface area contributed by atoms with E-state index < -0.39 is 41.2 Å². The Kier molecular flexibility index (Phi) is 6.09. The molecule has 0 bridgehead atoms. The van der Waals surface area contributed by atoms with Gasteiger partial charge in [-0.3, -0.25) is 5.21 Å². The molecular formula is C14H16F6N2O2. The highest BCUT2D eigenvalue weighted by Gasteiger charge is 2.37. The average Bonchev–Trinajstić information content (AvgIpc) is 2.46. The van der Waals surface area contributed by atoms with E-state index in [1.807, 2.05) is 5.32 Å². The van der Waals surface area contributed by atoms with Gasteiger partial charge in [-0.05, 0) is 31.0 Å².